The summed E-state index contributed by atoms with van der Waals surface area (Å²) in [5.74, 6) is 2.37. The van der Waals surface area contributed by atoms with Gasteiger partial charge in [-0.3, -0.25) is 0 Å². The highest BCUT2D eigenvalue weighted by Crippen LogP contribution is 2.38. The molecule has 0 amide bonds. The molecule has 3 heteroatoms. The zero-order valence-electron chi connectivity index (χ0n) is 11.2. The number of aliphatic hydroxyl groups is 1. The van der Waals surface area contributed by atoms with E-state index in [2.05, 4.69) is 43.4 Å². The zero-order chi connectivity index (χ0) is 13.0. The zero-order valence-corrected chi connectivity index (χ0v) is 12.0. The minimum atomic E-state index is 0.236. The maximum absolute atomic E-state index is 9.38. The molecule has 2 N–H and O–H groups in total. The van der Waals surface area contributed by atoms with E-state index in [0.29, 0.717) is 11.8 Å². The van der Waals surface area contributed by atoms with E-state index in [1.807, 2.05) is 11.8 Å². The van der Waals surface area contributed by atoms with E-state index < -0.39 is 0 Å². The number of aliphatic hydroxyl groups excluding tert-OH is 1. The Hall–Kier alpha value is -0.510. The molecule has 1 heterocycles. The summed E-state index contributed by atoms with van der Waals surface area (Å²) in [5, 5.41) is 12.9. The van der Waals surface area contributed by atoms with Crippen LogP contribution in [0, 0.1) is 5.92 Å². The second-order valence-corrected chi connectivity index (χ2v) is 6.52. The van der Waals surface area contributed by atoms with Gasteiger partial charge in [-0.15, -0.1) is 11.8 Å². The van der Waals surface area contributed by atoms with Gasteiger partial charge in [-0.2, -0.15) is 0 Å². The standard InChI is InChI=1S/C15H23NOS/c1-11(2)7-13(9-17)16-8-12-10-18-15-6-4-3-5-14(12)15/h3-6,11-13,16-17H,7-10H2,1-2H3. The minimum absolute atomic E-state index is 0.236. The van der Waals surface area contributed by atoms with Crippen molar-refractivity contribution in [1.82, 2.24) is 5.32 Å². The van der Waals surface area contributed by atoms with Crippen LogP contribution in [0.2, 0.25) is 0 Å². The molecular formula is C15H23NOS. The molecule has 0 aromatic heterocycles. The average molecular weight is 265 g/mol. The SMILES string of the molecule is CC(C)CC(CO)NCC1CSc2ccccc21. The van der Waals surface area contributed by atoms with Crippen molar-refractivity contribution in [3.05, 3.63) is 29.8 Å². The maximum atomic E-state index is 9.38. The number of benzene rings is 1. The van der Waals surface area contributed by atoms with Crippen LogP contribution in [0.3, 0.4) is 0 Å². The van der Waals surface area contributed by atoms with E-state index in [0.717, 1.165) is 18.7 Å². The largest absolute Gasteiger partial charge is 0.395 e. The van der Waals surface area contributed by atoms with E-state index in [1.165, 1.54) is 10.5 Å². The molecule has 100 valence electrons. The van der Waals surface area contributed by atoms with Crippen LogP contribution in [-0.2, 0) is 0 Å². The summed E-state index contributed by atoms with van der Waals surface area (Å²) in [6, 6.07) is 8.91. The lowest BCUT2D eigenvalue weighted by molar-refractivity contribution is 0.223. The molecule has 1 aliphatic rings. The van der Waals surface area contributed by atoms with E-state index in [-0.39, 0.29) is 12.6 Å². The fraction of sp³-hybridized carbons (Fsp3) is 0.600. The molecule has 2 unspecified atom stereocenters. The molecule has 0 aliphatic carbocycles. The Labute approximate surface area is 114 Å². The van der Waals surface area contributed by atoms with Crippen molar-refractivity contribution in [2.75, 3.05) is 18.9 Å². The quantitative estimate of drug-likeness (QED) is 0.829. The van der Waals surface area contributed by atoms with Crippen LogP contribution >= 0.6 is 11.8 Å². The van der Waals surface area contributed by atoms with Gasteiger partial charge in [-0.25, -0.2) is 0 Å². The molecule has 1 aliphatic heterocycles. The fourth-order valence-electron chi connectivity index (χ4n) is 2.50. The Morgan fingerprint density at radius 3 is 2.89 bits per heavy atom. The molecule has 0 fully saturated rings. The summed E-state index contributed by atoms with van der Waals surface area (Å²) >= 11 is 1.95. The molecule has 0 saturated carbocycles. The summed E-state index contributed by atoms with van der Waals surface area (Å²) in [6.45, 7) is 5.61. The first kappa shape index (κ1) is 13.9. The lowest BCUT2D eigenvalue weighted by atomic mass is 9.99. The Morgan fingerprint density at radius 2 is 2.17 bits per heavy atom. The highest BCUT2D eigenvalue weighted by molar-refractivity contribution is 7.99. The van der Waals surface area contributed by atoms with Crippen molar-refractivity contribution in [2.24, 2.45) is 5.92 Å². The van der Waals surface area contributed by atoms with E-state index >= 15 is 0 Å². The van der Waals surface area contributed by atoms with Crippen LogP contribution in [0.5, 0.6) is 0 Å². The number of hydrogen-bond donors (Lipinski definition) is 2. The van der Waals surface area contributed by atoms with Gasteiger partial charge in [0.15, 0.2) is 0 Å². The fourth-order valence-corrected chi connectivity index (χ4v) is 3.75. The molecule has 0 spiro atoms. The van der Waals surface area contributed by atoms with E-state index in [4.69, 9.17) is 0 Å². The third-order valence-electron chi connectivity index (χ3n) is 3.43. The number of fused-ring (bicyclic) bond motifs is 1. The topological polar surface area (TPSA) is 32.3 Å². The van der Waals surface area contributed by atoms with E-state index in [1.54, 1.807) is 0 Å². The van der Waals surface area contributed by atoms with Crippen LogP contribution < -0.4 is 5.32 Å². The normalized spacial score (nSPS) is 20.1. The third kappa shape index (κ3) is 3.50. The van der Waals surface area contributed by atoms with Gasteiger partial charge in [-0.05, 0) is 24.0 Å². The smallest absolute Gasteiger partial charge is 0.0584 e. The molecule has 0 bridgehead atoms. The van der Waals surface area contributed by atoms with Crippen molar-refractivity contribution >= 4 is 11.8 Å². The first-order chi connectivity index (χ1) is 8.70. The molecule has 0 saturated heterocycles. The van der Waals surface area contributed by atoms with Crippen LogP contribution in [0.25, 0.3) is 0 Å². The van der Waals surface area contributed by atoms with Gasteiger partial charge in [0.2, 0.25) is 0 Å². The Balaban J connectivity index is 1.88. The van der Waals surface area contributed by atoms with Gasteiger partial charge in [0.1, 0.15) is 0 Å². The van der Waals surface area contributed by atoms with Gasteiger partial charge in [0.25, 0.3) is 0 Å². The summed E-state index contributed by atoms with van der Waals surface area (Å²) in [5.41, 5.74) is 1.47. The van der Waals surface area contributed by atoms with E-state index in [9.17, 15) is 5.11 Å². The van der Waals surface area contributed by atoms with Crippen LogP contribution in [0.1, 0.15) is 31.7 Å². The van der Waals surface area contributed by atoms with Crippen LogP contribution in [0.15, 0.2) is 29.2 Å². The first-order valence-corrected chi connectivity index (χ1v) is 7.75. The second kappa shape index (κ2) is 6.60. The van der Waals surface area contributed by atoms with Gasteiger partial charge < -0.3 is 10.4 Å². The van der Waals surface area contributed by atoms with Gasteiger partial charge in [0.05, 0.1) is 6.61 Å². The molecule has 0 radical (unpaired) electrons. The highest BCUT2D eigenvalue weighted by Gasteiger charge is 2.23. The first-order valence-electron chi connectivity index (χ1n) is 6.76. The average Bonchev–Trinajstić information content (AvgIpc) is 2.77. The van der Waals surface area contributed by atoms with Gasteiger partial charge in [0, 0.05) is 29.2 Å². The molecule has 18 heavy (non-hydrogen) atoms. The highest BCUT2D eigenvalue weighted by atomic mass is 32.2. The molecule has 2 atom stereocenters. The van der Waals surface area contributed by atoms with Crippen molar-refractivity contribution in [2.45, 2.75) is 37.1 Å². The third-order valence-corrected chi connectivity index (χ3v) is 4.68. The molecule has 2 rings (SSSR count). The lowest BCUT2D eigenvalue weighted by Gasteiger charge is -2.20. The molecule has 1 aromatic rings. The van der Waals surface area contributed by atoms with Crippen LogP contribution in [0.4, 0.5) is 0 Å². The molecular weight excluding hydrogens is 242 g/mol. The predicted molar refractivity (Wildman–Crippen MR) is 78.2 cm³/mol. The monoisotopic (exact) mass is 265 g/mol. The number of rotatable bonds is 6. The van der Waals surface area contributed by atoms with Crippen molar-refractivity contribution in [1.29, 1.82) is 0 Å². The van der Waals surface area contributed by atoms with Crippen molar-refractivity contribution in [3.63, 3.8) is 0 Å². The summed E-state index contributed by atoms with van der Waals surface area (Å²) < 4.78 is 0. The minimum Gasteiger partial charge on any atom is -0.395 e. The summed E-state index contributed by atoms with van der Waals surface area (Å²) in [4.78, 5) is 1.42. The summed E-state index contributed by atoms with van der Waals surface area (Å²) in [7, 11) is 0. The number of nitrogens with one attached hydrogen (secondary N) is 1. The number of hydrogen-bond acceptors (Lipinski definition) is 3. The summed E-state index contributed by atoms with van der Waals surface area (Å²) in [6.07, 6.45) is 1.04. The predicted octanol–water partition coefficient (Wildman–Crippen LogP) is 2.87. The Kier molecular flexibility index (Phi) is 5.10. The lowest BCUT2D eigenvalue weighted by Crippen LogP contribution is -2.36. The van der Waals surface area contributed by atoms with Crippen molar-refractivity contribution < 1.29 is 5.11 Å². The Morgan fingerprint density at radius 1 is 1.39 bits per heavy atom. The van der Waals surface area contributed by atoms with Crippen LogP contribution in [-0.4, -0.2) is 30.1 Å². The van der Waals surface area contributed by atoms with Crippen molar-refractivity contribution in [3.8, 4) is 0 Å². The molecule has 2 nitrogen and oxygen atoms in total. The maximum Gasteiger partial charge on any atom is 0.0584 e. The molecule has 1 aromatic carbocycles. The Bertz CT molecular complexity index is 381. The van der Waals surface area contributed by atoms with Gasteiger partial charge >= 0.3 is 0 Å². The second-order valence-electron chi connectivity index (χ2n) is 5.46. The van der Waals surface area contributed by atoms with Gasteiger partial charge in [-0.1, -0.05) is 32.0 Å². The number of thioether (sulfide) groups is 1.